The molecule has 1 heterocycles. The Hall–Kier alpha value is -2.94. The Labute approximate surface area is 181 Å². The predicted octanol–water partition coefficient (Wildman–Crippen LogP) is 0.464. The zero-order valence-electron chi connectivity index (χ0n) is 18.1. The number of carbonyl (C=O) groups excluding carboxylic acids is 3. The molecule has 0 radical (unpaired) electrons. The van der Waals surface area contributed by atoms with Crippen molar-refractivity contribution < 1.29 is 19.5 Å². The van der Waals surface area contributed by atoms with Gasteiger partial charge in [-0.25, -0.2) is 0 Å². The van der Waals surface area contributed by atoms with E-state index in [2.05, 4.69) is 10.6 Å². The van der Waals surface area contributed by atoms with Gasteiger partial charge in [0.05, 0.1) is 12.6 Å². The minimum atomic E-state index is -0.852. The number of amides is 3. The van der Waals surface area contributed by atoms with Crippen LogP contribution in [0.25, 0.3) is 0 Å². The average Bonchev–Trinajstić information content (AvgIpc) is 3.38. The van der Waals surface area contributed by atoms with Crippen LogP contribution in [0.1, 0.15) is 39.2 Å². The third-order valence-corrected chi connectivity index (χ3v) is 6.04. The van der Waals surface area contributed by atoms with Crippen molar-refractivity contribution >= 4 is 29.1 Å². The lowest BCUT2D eigenvalue weighted by Gasteiger charge is -2.29. The lowest BCUT2D eigenvalue weighted by atomic mass is 9.89. The largest absolute Gasteiger partial charge is 0.391 e. The molecule has 1 aliphatic heterocycles. The molecule has 4 atom stereocenters. The first-order valence-corrected chi connectivity index (χ1v) is 10.5. The Kier molecular flexibility index (Phi) is 6.35. The van der Waals surface area contributed by atoms with Gasteiger partial charge in [-0.15, -0.1) is 0 Å². The number of piperidine rings is 1. The summed E-state index contributed by atoms with van der Waals surface area (Å²) in [5, 5.41) is 23.8. The van der Waals surface area contributed by atoms with Gasteiger partial charge in [-0.2, -0.15) is 0 Å². The Bertz CT molecular complexity index is 894. The maximum atomic E-state index is 13.0. The van der Waals surface area contributed by atoms with Crippen LogP contribution in [0.15, 0.2) is 24.3 Å². The van der Waals surface area contributed by atoms with Crippen LogP contribution in [0.3, 0.4) is 0 Å². The van der Waals surface area contributed by atoms with E-state index in [4.69, 9.17) is 11.1 Å². The summed E-state index contributed by atoms with van der Waals surface area (Å²) in [6, 6.07) is 6.18. The number of primary amides is 1. The van der Waals surface area contributed by atoms with Crippen molar-refractivity contribution in [1.82, 2.24) is 10.2 Å². The molecule has 1 aromatic carbocycles. The SMILES string of the molecule is CC(C)(C)C(O)CNC(=O)[C@@H]1C[C@H]2C[C@H]2N1C(=O)CNc1ccccc1C(=N)C(N)=O. The van der Waals surface area contributed by atoms with E-state index in [0.29, 0.717) is 23.6 Å². The summed E-state index contributed by atoms with van der Waals surface area (Å²) >= 11 is 0. The highest BCUT2D eigenvalue weighted by Crippen LogP contribution is 2.47. The van der Waals surface area contributed by atoms with Gasteiger partial charge >= 0.3 is 0 Å². The first-order valence-electron chi connectivity index (χ1n) is 10.5. The zero-order valence-corrected chi connectivity index (χ0v) is 18.1. The van der Waals surface area contributed by atoms with E-state index in [1.165, 1.54) is 0 Å². The quantitative estimate of drug-likeness (QED) is 0.381. The second-order valence-corrected chi connectivity index (χ2v) is 9.38. The summed E-state index contributed by atoms with van der Waals surface area (Å²) in [5.41, 5.74) is 5.30. The minimum absolute atomic E-state index is 0.0664. The molecule has 1 aliphatic carbocycles. The van der Waals surface area contributed by atoms with E-state index in [1.54, 1.807) is 29.2 Å². The van der Waals surface area contributed by atoms with Gasteiger partial charge in [0.2, 0.25) is 11.8 Å². The van der Waals surface area contributed by atoms with Gasteiger partial charge in [0, 0.05) is 23.8 Å². The molecule has 0 bridgehead atoms. The third-order valence-electron chi connectivity index (χ3n) is 6.04. The van der Waals surface area contributed by atoms with Crippen LogP contribution < -0.4 is 16.4 Å². The van der Waals surface area contributed by atoms with Gasteiger partial charge in [-0.1, -0.05) is 39.0 Å². The van der Waals surface area contributed by atoms with E-state index in [0.717, 1.165) is 6.42 Å². The number of fused-ring (bicyclic) bond motifs is 1. The average molecular weight is 430 g/mol. The molecule has 3 amide bonds. The summed E-state index contributed by atoms with van der Waals surface area (Å²) < 4.78 is 0. The van der Waals surface area contributed by atoms with Crippen LogP contribution in [0.2, 0.25) is 0 Å². The first kappa shape index (κ1) is 22.7. The number of anilines is 1. The van der Waals surface area contributed by atoms with Crippen molar-refractivity contribution in [1.29, 1.82) is 5.41 Å². The standard InChI is InChI=1S/C22H31N5O4/c1-22(2,3)17(28)10-26-21(31)16-9-12-8-15(12)27(16)18(29)11-25-14-7-5-4-6-13(14)19(23)20(24)30/h4-7,12,15-17,23,25,28H,8-11H2,1-3H3,(H2,24,30)(H,26,31)/t12-,15-,16+,17?/m1/s1. The Balaban J connectivity index is 1.63. The zero-order chi connectivity index (χ0) is 22.9. The molecule has 3 rings (SSSR count). The van der Waals surface area contributed by atoms with E-state index < -0.39 is 18.1 Å². The summed E-state index contributed by atoms with van der Waals surface area (Å²) in [6.07, 6.45) is 0.829. The fourth-order valence-electron chi connectivity index (χ4n) is 3.92. The number of benzene rings is 1. The Morgan fingerprint density at radius 2 is 1.94 bits per heavy atom. The monoisotopic (exact) mass is 429 g/mol. The van der Waals surface area contributed by atoms with Crippen LogP contribution >= 0.6 is 0 Å². The smallest absolute Gasteiger partial charge is 0.267 e. The van der Waals surface area contributed by atoms with E-state index in [1.807, 2.05) is 20.8 Å². The normalized spacial score (nSPS) is 23.0. The van der Waals surface area contributed by atoms with Crippen molar-refractivity contribution in [3.8, 4) is 0 Å². The molecule has 168 valence electrons. The molecule has 6 N–H and O–H groups in total. The second-order valence-electron chi connectivity index (χ2n) is 9.38. The molecule has 1 aromatic rings. The fraction of sp³-hybridized carbons (Fsp3) is 0.545. The molecule has 2 aliphatic rings. The molecule has 1 unspecified atom stereocenters. The topological polar surface area (TPSA) is 149 Å². The molecular formula is C22H31N5O4. The number of carbonyl (C=O) groups is 3. The Morgan fingerprint density at radius 1 is 1.26 bits per heavy atom. The van der Waals surface area contributed by atoms with Gasteiger partial charge in [0.15, 0.2) is 0 Å². The highest BCUT2D eigenvalue weighted by molar-refractivity contribution is 6.44. The first-order chi connectivity index (χ1) is 14.5. The highest BCUT2D eigenvalue weighted by Gasteiger charge is 2.55. The van der Waals surface area contributed by atoms with Crippen molar-refractivity contribution in [2.75, 3.05) is 18.4 Å². The molecule has 0 spiro atoms. The number of likely N-dealkylation sites (tertiary alicyclic amines) is 1. The molecule has 0 aromatic heterocycles. The van der Waals surface area contributed by atoms with Crippen LogP contribution in [-0.2, 0) is 14.4 Å². The number of nitrogens with zero attached hydrogens (tertiary/aromatic N) is 1. The van der Waals surface area contributed by atoms with Crippen molar-refractivity contribution in [3.05, 3.63) is 29.8 Å². The third kappa shape index (κ3) is 5.04. The van der Waals surface area contributed by atoms with Crippen molar-refractivity contribution in [3.63, 3.8) is 0 Å². The molecule has 1 saturated carbocycles. The number of para-hydroxylation sites is 1. The summed E-state index contributed by atoms with van der Waals surface area (Å²) in [6.45, 7) is 5.75. The maximum Gasteiger partial charge on any atom is 0.267 e. The number of nitrogens with two attached hydrogens (primary N) is 1. The van der Waals surface area contributed by atoms with E-state index >= 15 is 0 Å². The molecule has 2 fully saturated rings. The maximum absolute atomic E-state index is 13.0. The van der Waals surface area contributed by atoms with Crippen molar-refractivity contribution in [2.45, 2.75) is 51.8 Å². The lowest BCUT2D eigenvalue weighted by Crippen LogP contribution is -2.51. The van der Waals surface area contributed by atoms with E-state index in [-0.39, 0.29) is 42.1 Å². The molecule has 9 nitrogen and oxygen atoms in total. The molecule has 9 heteroatoms. The number of nitrogens with one attached hydrogen (secondary N) is 3. The number of aliphatic hydroxyl groups excluding tert-OH is 1. The van der Waals surface area contributed by atoms with Crippen LogP contribution in [0, 0.1) is 16.7 Å². The number of hydrogen-bond donors (Lipinski definition) is 5. The van der Waals surface area contributed by atoms with Gasteiger partial charge in [-0.3, -0.25) is 19.8 Å². The fourth-order valence-corrected chi connectivity index (χ4v) is 3.92. The molecule has 31 heavy (non-hydrogen) atoms. The van der Waals surface area contributed by atoms with Crippen LogP contribution in [0.5, 0.6) is 0 Å². The van der Waals surface area contributed by atoms with Gasteiger partial charge in [0.25, 0.3) is 5.91 Å². The molecule has 1 saturated heterocycles. The minimum Gasteiger partial charge on any atom is -0.391 e. The number of hydrogen-bond acceptors (Lipinski definition) is 6. The second kappa shape index (κ2) is 8.66. The predicted molar refractivity (Wildman–Crippen MR) is 117 cm³/mol. The van der Waals surface area contributed by atoms with Crippen molar-refractivity contribution in [2.24, 2.45) is 17.1 Å². The van der Waals surface area contributed by atoms with Gasteiger partial charge in [-0.05, 0) is 30.2 Å². The summed E-state index contributed by atoms with van der Waals surface area (Å²) in [7, 11) is 0. The number of rotatable bonds is 8. The van der Waals surface area contributed by atoms with E-state index in [9.17, 15) is 19.5 Å². The lowest BCUT2D eigenvalue weighted by molar-refractivity contribution is -0.138. The summed E-state index contributed by atoms with van der Waals surface area (Å²) in [5.74, 6) is -0.987. The summed E-state index contributed by atoms with van der Waals surface area (Å²) in [4.78, 5) is 38.7. The van der Waals surface area contributed by atoms with Gasteiger partial charge in [0.1, 0.15) is 11.8 Å². The number of aliphatic hydroxyl groups is 1. The Morgan fingerprint density at radius 3 is 2.58 bits per heavy atom. The van der Waals surface area contributed by atoms with Gasteiger partial charge < -0.3 is 26.4 Å². The van der Waals surface area contributed by atoms with Crippen LogP contribution in [-0.4, -0.2) is 64.7 Å². The highest BCUT2D eigenvalue weighted by atomic mass is 16.3. The molecular weight excluding hydrogens is 398 g/mol. The van der Waals surface area contributed by atoms with Crippen LogP contribution in [0.4, 0.5) is 5.69 Å².